The number of hydrogen-bond acceptors (Lipinski definition) is 6. The third-order valence-corrected chi connectivity index (χ3v) is 12.4. The van der Waals surface area contributed by atoms with Crippen molar-refractivity contribution >= 4 is 67.1 Å². The van der Waals surface area contributed by atoms with Crippen LogP contribution in [0.2, 0.25) is 0 Å². The van der Waals surface area contributed by atoms with E-state index in [1.165, 1.54) is 0 Å². The summed E-state index contributed by atoms with van der Waals surface area (Å²) >= 11 is 0. The summed E-state index contributed by atoms with van der Waals surface area (Å²) < 4.78 is 11.1. The molecule has 0 unspecified atom stereocenters. The summed E-state index contributed by atoms with van der Waals surface area (Å²) in [7, 11) is 0. The van der Waals surface area contributed by atoms with Gasteiger partial charge >= 0.3 is 0 Å². The topological polar surface area (TPSA) is 77.3 Å². The SMILES string of the molecule is c1ccc(-c2ccc(N(c3ccccc3)c3nc(-c4ccccc4)nc(-c4cccc5oc6ccc(-c7ccc8c(c7)n7c9ccccc9nc7n8-c7ccccc7)cc6c45)n3)cc2)cc1. The molecular formula is C58H37N7O. The summed E-state index contributed by atoms with van der Waals surface area (Å²) in [6, 6.07) is 77.3. The molecule has 8 nitrogen and oxygen atoms in total. The van der Waals surface area contributed by atoms with Crippen LogP contribution in [0.25, 0.3) is 100 Å². The van der Waals surface area contributed by atoms with Crippen molar-refractivity contribution < 1.29 is 4.42 Å². The Morgan fingerprint density at radius 3 is 1.80 bits per heavy atom. The highest BCUT2D eigenvalue weighted by atomic mass is 16.3. The fourth-order valence-corrected chi connectivity index (χ4v) is 9.30. The largest absolute Gasteiger partial charge is 0.456 e. The predicted molar refractivity (Wildman–Crippen MR) is 267 cm³/mol. The zero-order valence-corrected chi connectivity index (χ0v) is 35.4. The van der Waals surface area contributed by atoms with E-state index in [4.69, 9.17) is 24.4 Å². The molecule has 0 fully saturated rings. The van der Waals surface area contributed by atoms with Gasteiger partial charge in [-0.3, -0.25) is 13.9 Å². The highest BCUT2D eigenvalue weighted by molar-refractivity contribution is 6.13. The van der Waals surface area contributed by atoms with E-state index in [2.05, 4.69) is 159 Å². The van der Waals surface area contributed by atoms with E-state index in [9.17, 15) is 0 Å². The van der Waals surface area contributed by atoms with Gasteiger partial charge in [0.2, 0.25) is 11.7 Å². The van der Waals surface area contributed by atoms with Crippen LogP contribution in [0.5, 0.6) is 0 Å². The second-order valence-corrected chi connectivity index (χ2v) is 16.3. The Labute approximate surface area is 379 Å². The fourth-order valence-electron chi connectivity index (χ4n) is 9.30. The van der Waals surface area contributed by atoms with Crippen LogP contribution in [-0.2, 0) is 0 Å². The van der Waals surface area contributed by atoms with Crippen LogP contribution in [-0.4, -0.2) is 28.9 Å². The van der Waals surface area contributed by atoms with Crippen molar-refractivity contribution in [2.24, 2.45) is 0 Å². The van der Waals surface area contributed by atoms with Crippen molar-refractivity contribution in [1.29, 1.82) is 0 Å². The summed E-state index contributed by atoms with van der Waals surface area (Å²) in [6.07, 6.45) is 0. The molecule has 4 aromatic heterocycles. The number of para-hydroxylation sites is 4. The lowest BCUT2D eigenvalue weighted by Gasteiger charge is -2.24. The molecule has 13 aromatic rings. The molecule has 0 saturated heterocycles. The molecule has 0 N–H and O–H groups in total. The molecular weight excluding hydrogens is 811 g/mol. The number of imidazole rings is 2. The van der Waals surface area contributed by atoms with Gasteiger partial charge in [0.1, 0.15) is 11.2 Å². The lowest BCUT2D eigenvalue weighted by atomic mass is 10.00. The van der Waals surface area contributed by atoms with Crippen molar-refractivity contribution in [3.63, 3.8) is 0 Å². The quantitative estimate of drug-likeness (QED) is 0.152. The standard InChI is InChI=1S/C58H37N7O/c1-5-16-38(17-6-1)39-28-32-45(33-29-39)63(43-20-9-3-10-21-43)57-61-55(40-18-7-2-8-19-40)60-56(62-57)46-24-15-27-53-54(46)47-36-41(31-35-52(47)66-53)42-30-34-50-51(37-42)65-49-26-14-13-25-48(49)59-58(65)64(50)44-22-11-4-12-23-44/h1-37H. The number of rotatable bonds is 8. The average Bonchev–Trinajstić information content (AvgIpc) is 4.06. The van der Waals surface area contributed by atoms with Gasteiger partial charge in [0.25, 0.3) is 0 Å². The predicted octanol–water partition coefficient (Wildman–Crippen LogP) is 14.7. The minimum atomic E-state index is 0.497. The first-order valence-electron chi connectivity index (χ1n) is 22.0. The number of hydrogen-bond donors (Lipinski definition) is 0. The first-order chi connectivity index (χ1) is 32.7. The Bertz CT molecular complexity index is 3920. The molecule has 0 bridgehead atoms. The first-order valence-corrected chi connectivity index (χ1v) is 22.0. The van der Waals surface area contributed by atoms with Gasteiger partial charge in [0.05, 0.1) is 22.1 Å². The minimum Gasteiger partial charge on any atom is -0.456 e. The summed E-state index contributed by atoms with van der Waals surface area (Å²) in [6.45, 7) is 0. The molecule has 0 amide bonds. The number of nitrogens with zero attached hydrogens (tertiary/aromatic N) is 7. The smallest absolute Gasteiger partial charge is 0.238 e. The number of aromatic nitrogens is 6. The third-order valence-electron chi connectivity index (χ3n) is 12.4. The lowest BCUT2D eigenvalue weighted by Crippen LogP contribution is -2.15. The summed E-state index contributed by atoms with van der Waals surface area (Å²) in [5.74, 6) is 2.48. The number of benzene rings is 9. The monoisotopic (exact) mass is 847 g/mol. The Hall–Kier alpha value is -9.14. The van der Waals surface area contributed by atoms with Gasteiger partial charge in [-0.25, -0.2) is 9.97 Å². The fraction of sp³-hybridized carbons (Fsp3) is 0. The molecule has 4 heterocycles. The molecule has 8 heteroatoms. The molecule has 0 aliphatic rings. The van der Waals surface area contributed by atoms with Crippen molar-refractivity contribution in [3.05, 3.63) is 224 Å². The normalized spacial score (nSPS) is 11.6. The van der Waals surface area contributed by atoms with Gasteiger partial charge < -0.3 is 4.42 Å². The molecule has 0 aliphatic heterocycles. The van der Waals surface area contributed by atoms with Crippen molar-refractivity contribution in [3.8, 4) is 50.7 Å². The van der Waals surface area contributed by atoms with Crippen molar-refractivity contribution in [2.75, 3.05) is 4.90 Å². The number of furan rings is 1. The van der Waals surface area contributed by atoms with Gasteiger partial charge in [0.15, 0.2) is 11.6 Å². The number of anilines is 3. The maximum atomic E-state index is 6.61. The van der Waals surface area contributed by atoms with Gasteiger partial charge in [-0.05, 0) is 101 Å². The van der Waals surface area contributed by atoms with Crippen LogP contribution in [0.3, 0.4) is 0 Å². The lowest BCUT2D eigenvalue weighted by molar-refractivity contribution is 0.669. The summed E-state index contributed by atoms with van der Waals surface area (Å²) in [5.41, 5.74) is 14.7. The molecule has 0 saturated carbocycles. The molecule has 13 rings (SSSR count). The van der Waals surface area contributed by atoms with Gasteiger partial charge in [-0.2, -0.15) is 9.97 Å². The summed E-state index contributed by atoms with van der Waals surface area (Å²) in [5, 5.41) is 1.90. The van der Waals surface area contributed by atoms with Crippen molar-refractivity contribution in [2.45, 2.75) is 0 Å². The van der Waals surface area contributed by atoms with Crippen LogP contribution in [0.15, 0.2) is 229 Å². The highest BCUT2D eigenvalue weighted by Gasteiger charge is 2.23. The maximum absolute atomic E-state index is 6.61. The van der Waals surface area contributed by atoms with E-state index in [0.717, 1.165) is 100 Å². The molecule has 66 heavy (non-hydrogen) atoms. The zero-order valence-electron chi connectivity index (χ0n) is 35.4. The van der Waals surface area contributed by atoms with Gasteiger partial charge in [-0.1, -0.05) is 146 Å². The van der Waals surface area contributed by atoms with Crippen LogP contribution in [0.4, 0.5) is 17.3 Å². The maximum Gasteiger partial charge on any atom is 0.238 e. The Kier molecular flexibility index (Phi) is 8.67. The van der Waals surface area contributed by atoms with Crippen LogP contribution in [0, 0.1) is 0 Å². The Morgan fingerprint density at radius 1 is 0.394 bits per heavy atom. The van der Waals surface area contributed by atoms with E-state index in [1.807, 2.05) is 78.9 Å². The molecule has 0 spiro atoms. The van der Waals surface area contributed by atoms with Crippen LogP contribution in [0.1, 0.15) is 0 Å². The highest BCUT2D eigenvalue weighted by Crippen LogP contribution is 2.41. The van der Waals surface area contributed by atoms with E-state index in [-0.39, 0.29) is 0 Å². The van der Waals surface area contributed by atoms with Crippen LogP contribution >= 0.6 is 0 Å². The average molecular weight is 848 g/mol. The van der Waals surface area contributed by atoms with Crippen molar-refractivity contribution in [1.82, 2.24) is 28.9 Å². The van der Waals surface area contributed by atoms with E-state index >= 15 is 0 Å². The summed E-state index contributed by atoms with van der Waals surface area (Å²) in [4.78, 5) is 23.0. The van der Waals surface area contributed by atoms with E-state index in [0.29, 0.717) is 17.6 Å². The minimum absolute atomic E-state index is 0.497. The molecule has 310 valence electrons. The van der Waals surface area contributed by atoms with E-state index in [1.54, 1.807) is 0 Å². The Balaban J connectivity index is 0.987. The van der Waals surface area contributed by atoms with Gasteiger partial charge in [-0.15, -0.1) is 0 Å². The molecule has 0 atom stereocenters. The first kappa shape index (κ1) is 37.4. The Morgan fingerprint density at radius 2 is 1.02 bits per heavy atom. The van der Waals surface area contributed by atoms with Gasteiger partial charge in [0, 0.05) is 39.0 Å². The second-order valence-electron chi connectivity index (χ2n) is 16.3. The zero-order chi connectivity index (χ0) is 43.6. The molecule has 0 radical (unpaired) electrons. The number of fused-ring (bicyclic) bond motifs is 8. The second kappa shape index (κ2) is 15.3. The van der Waals surface area contributed by atoms with E-state index < -0.39 is 0 Å². The third kappa shape index (κ3) is 6.23. The molecule has 9 aromatic carbocycles. The van der Waals surface area contributed by atoms with Crippen LogP contribution < -0.4 is 4.90 Å². The molecule has 0 aliphatic carbocycles.